The highest BCUT2D eigenvalue weighted by atomic mass is 16.2. The van der Waals surface area contributed by atoms with Gasteiger partial charge < -0.3 is 10.2 Å². The average molecular weight is 362 g/mol. The maximum Gasteiger partial charge on any atom is 0.241 e. The second-order valence-electron chi connectivity index (χ2n) is 7.06. The van der Waals surface area contributed by atoms with Gasteiger partial charge >= 0.3 is 0 Å². The molecule has 1 amide bonds. The first kappa shape index (κ1) is 18.9. The van der Waals surface area contributed by atoms with E-state index < -0.39 is 0 Å². The first-order valence-electron chi connectivity index (χ1n) is 9.36. The lowest BCUT2D eigenvalue weighted by Gasteiger charge is -2.39. The van der Waals surface area contributed by atoms with E-state index in [0.717, 1.165) is 26.2 Å². The maximum absolute atomic E-state index is 12.7. The van der Waals surface area contributed by atoms with E-state index in [2.05, 4.69) is 53.2 Å². The Morgan fingerprint density at radius 3 is 2.48 bits per heavy atom. The van der Waals surface area contributed by atoms with Crippen LogP contribution in [0.2, 0.25) is 0 Å². The number of piperazine rings is 1. The SMILES string of the molecule is Cc1cccc(N2CCN(C(C)C(=O)Nc3ccccc3C#N)CC2)c1C. The van der Waals surface area contributed by atoms with Crippen LogP contribution in [0.3, 0.4) is 0 Å². The molecular formula is C22H26N4O. The Kier molecular flexibility index (Phi) is 5.78. The molecule has 2 aromatic carbocycles. The summed E-state index contributed by atoms with van der Waals surface area (Å²) in [5.74, 6) is -0.0714. The largest absolute Gasteiger partial charge is 0.369 e. The topological polar surface area (TPSA) is 59.4 Å². The number of rotatable bonds is 4. The molecule has 2 aromatic rings. The van der Waals surface area contributed by atoms with Crippen LogP contribution in [0.4, 0.5) is 11.4 Å². The molecular weight excluding hydrogens is 336 g/mol. The summed E-state index contributed by atoms with van der Waals surface area (Å²) in [7, 11) is 0. The van der Waals surface area contributed by atoms with E-state index >= 15 is 0 Å². The first-order chi connectivity index (χ1) is 13.0. The van der Waals surface area contributed by atoms with Gasteiger partial charge in [-0.25, -0.2) is 0 Å². The minimum Gasteiger partial charge on any atom is -0.369 e. The monoisotopic (exact) mass is 362 g/mol. The second-order valence-corrected chi connectivity index (χ2v) is 7.06. The van der Waals surface area contributed by atoms with Crippen LogP contribution >= 0.6 is 0 Å². The smallest absolute Gasteiger partial charge is 0.241 e. The molecule has 1 heterocycles. The molecule has 5 nitrogen and oxygen atoms in total. The van der Waals surface area contributed by atoms with E-state index in [0.29, 0.717) is 11.3 Å². The van der Waals surface area contributed by atoms with Crippen LogP contribution in [-0.2, 0) is 4.79 Å². The van der Waals surface area contributed by atoms with Crippen LogP contribution in [0.25, 0.3) is 0 Å². The number of nitriles is 1. The van der Waals surface area contributed by atoms with Gasteiger partial charge in [-0.3, -0.25) is 9.69 Å². The lowest BCUT2D eigenvalue weighted by molar-refractivity contribution is -0.120. The third-order valence-corrected chi connectivity index (χ3v) is 5.46. The van der Waals surface area contributed by atoms with Gasteiger partial charge in [0.15, 0.2) is 0 Å². The highest BCUT2D eigenvalue weighted by Crippen LogP contribution is 2.24. The van der Waals surface area contributed by atoms with Crippen molar-refractivity contribution in [1.82, 2.24) is 4.90 Å². The number of carbonyl (C=O) groups is 1. The Labute approximate surface area is 161 Å². The number of benzene rings is 2. The fourth-order valence-electron chi connectivity index (χ4n) is 3.52. The fraction of sp³-hybridized carbons (Fsp3) is 0.364. The quantitative estimate of drug-likeness (QED) is 0.906. The van der Waals surface area contributed by atoms with E-state index in [-0.39, 0.29) is 11.9 Å². The van der Waals surface area contributed by atoms with E-state index in [1.54, 1.807) is 18.2 Å². The molecule has 5 heteroatoms. The normalized spacial score (nSPS) is 15.9. The Bertz CT molecular complexity index is 863. The molecule has 1 atom stereocenters. The summed E-state index contributed by atoms with van der Waals surface area (Å²) in [6.07, 6.45) is 0. The summed E-state index contributed by atoms with van der Waals surface area (Å²) in [5.41, 5.74) is 4.97. The van der Waals surface area contributed by atoms with Gasteiger partial charge in [-0.05, 0) is 50.1 Å². The van der Waals surface area contributed by atoms with Gasteiger partial charge in [0.2, 0.25) is 5.91 Å². The molecule has 1 unspecified atom stereocenters. The summed E-state index contributed by atoms with van der Waals surface area (Å²) >= 11 is 0. The van der Waals surface area contributed by atoms with Crippen LogP contribution in [-0.4, -0.2) is 43.0 Å². The van der Waals surface area contributed by atoms with E-state index in [4.69, 9.17) is 0 Å². The highest BCUT2D eigenvalue weighted by molar-refractivity contribution is 5.95. The zero-order valence-corrected chi connectivity index (χ0v) is 16.2. The lowest BCUT2D eigenvalue weighted by Crippen LogP contribution is -2.53. The molecule has 3 rings (SSSR count). The molecule has 1 fully saturated rings. The van der Waals surface area contributed by atoms with E-state index in [9.17, 15) is 10.1 Å². The first-order valence-corrected chi connectivity index (χ1v) is 9.36. The van der Waals surface area contributed by atoms with Crippen LogP contribution in [0, 0.1) is 25.2 Å². The van der Waals surface area contributed by atoms with Crippen molar-refractivity contribution in [3.63, 3.8) is 0 Å². The summed E-state index contributed by atoms with van der Waals surface area (Å²) in [6, 6.07) is 15.4. The van der Waals surface area contributed by atoms with Crippen molar-refractivity contribution < 1.29 is 4.79 Å². The van der Waals surface area contributed by atoms with Crippen molar-refractivity contribution in [2.75, 3.05) is 36.4 Å². The predicted molar refractivity (Wildman–Crippen MR) is 109 cm³/mol. The van der Waals surface area contributed by atoms with Crippen molar-refractivity contribution in [2.24, 2.45) is 0 Å². The Balaban J connectivity index is 1.61. The van der Waals surface area contributed by atoms with Crippen LogP contribution in [0.1, 0.15) is 23.6 Å². The van der Waals surface area contributed by atoms with Crippen molar-refractivity contribution in [2.45, 2.75) is 26.8 Å². The van der Waals surface area contributed by atoms with Gasteiger partial charge in [0.25, 0.3) is 0 Å². The molecule has 27 heavy (non-hydrogen) atoms. The van der Waals surface area contributed by atoms with Gasteiger partial charge in [-0.2, -0.15) is 5.26 Å². The molecule has 1 aliphatic heterocycles. The third-order valence-electron chi connectivity index (χ3n) is 5.46. The van der Waals surface area contributed by atoms with Gasteiger partial charge in [-0.1, -0.05) is 24.3 Å². The summed E-state index contributed by atoms with van der Waals surface area (Å²) in [6.45, 7) is 9.70. The van der Waals surface area contributed by atoms with Gasteiger partial charge in [-0.15, -0.1) is 0 Å². The number of amides is 1. The van der Waals surface area contributed by atoms with E-state index in [1.165, 1.54) is 16.8 Å². The van der Waals surface area contributed by atoms with Crippen molar-refractivity contribution >= 4 is 17.3 Å². The molecule has 1 saturated heterocycles. The van der Waals surface area contributed by atoms with Crippen LogP contribution in [0.15, 0.2) is 42.5 Å². The zero-order valence-electron chi connectivity index (χ0n) is 16.2. The Morgan fingerprint density at radius 1 is 1.07 bits per heavy atom. The molecule has 0 radical (unpaired) electrons. The molecule has 140 valence electrons. The number of nitrogens with zero attached hydrogens (tertiary/aromatic N) is 3. The summed E-state index contributed by atoms with van der Waals surface area (Å²) in [4.78, 5) is 17.3. The molecule has 0 aliphatic carbocycles. The van der Waals surface area contributed by atoms with Gasteiger partial charge in [0, 0.05) is 31.9 Å². The zero-order chi connectivity index (χ0) is 19.4. The predicted octanol–water partition coefficient (Wildman–Crippen LogP) is 3.32. The number of aryl methyl sites for hydroxylation is 1. The van der Waals surface area contributed by atoms with Gasteiger partial charge in [0.05, 0.1) is 17.3 Å². The fourth-order valence-corrected chi connectivity index (χ4v) is 3.52. The number of para-hydroxylation sites is 1. The van der Waals surface area contributed by atoms with Crippen molar-refractivity contribution in [3.05, 3.63) is 59.2 Å². The minimum atomic E-state index is -0.238. The number of hydrogen-bond acceptors (Lipinski definition) is 4. The molecule has 0 bridgehead atoms. The number of hydrogen-bond donors (Lipinski definition) is 1. The minimum absolute atomic E-state index is 0.0714. The Hall–Kier alpha value is -2.84. The number of carbonyl (C=O) groups excluding carboxylic acids is 1. The van der Waals surface area contributed by atoms with Crippen molar-refractivity contribution in [1.29, 1.82) is 5.26 Å². The molecule has 0 aromatic heterocycles. The van der Waals surface area contributed by atoms with Crippen LogP contribution in [0.5, 0.6) is 0 Å². The van der Waals surface area contributed by atoms with E-state index in [1.807, 2.05) is 13.0 Å². The second kappa shape index (κ2) is 8.24. The highest BCUT2D eigenvalue weighted by Gasteiger charge is 2.26. The third kappa shape index (κ3) is 4.12. The Morgan fingerprint density at radius 2 is 1.78 bits per heavy atom. The molecule has 1 aliphatic rings. The maximum atomic E-state index is 12.7. The average Bonchev–Trinajstić information content (AvgIpc) is 2.70. The molecule has 1 N–H and O–H groups in total. The standard InChI is InChI=1S/C22H26N4O/c1-16-7-6-10-21(17(16)2)26-13-11-25(12-14-26)18(3)22(27)24-20-9-5-4-8-19(20)15-23/h4-10,18H,11-14H2,1-3H3,(H,24,27). The van der Waals surface area contributed by atoms with Crippen LogP contribution < -0.4 is 10.2 Å². The number of anilines is 2. The molecule has 0 saturated carbocycles. The molecule has 0 spiro atoms. The summed E-state index contributed by atoms with van der Waals surface area (Å²) in [5, 5.41) is 12.1. The van der Waals surface area contributed by atoms with Gasteiger partial charge in [0.1, 0.15) is 6.07 Å². The lowest BCUT2D eigenvalue weighted by atomic mass is 10.1. The summed E-state index contributed by atoms with van der Waals surface area (Å²) < 4.78 is 0. The number of nitrogens with one attached hydrogen (secondary N) is 1. The van der Waals surface area contributed by atoms with Crippen molar-refractivity contribution in [3.8, 4) is 6.07 Å².